The van der Waals surface area contributed by atoms with E-state index < -0.39 is 0 Å². The summed E-state index contributed by atoms with van der Waals surface area (Å²) in [7, 11) is 0. The molecule has 1 rings (SSSR count). The van der Waals surface area contributed by atoms with Gasteiger partial charge in [-0.1, -0.05) is 19.8 Å². The van der Waals surface area contributed by atoms with E-state index in [1.165, 1.54) is 38.8 Å². The Balaban J connectivity index is 2.05. The molecular formula is C10H22N2. The maximum absolute atomic E-state index is 3.63. The highest BCUT2D eigenvalue weighted by Crippen LogP contribution is 2.12. The zero-order chi connectivity index (χ0) is 8.86. The van der Waals surface area contributed by atoms with Crippen LogP contribution in [-0.4, -0.2) is 25.2 Å². The molecule has 0 spiro atoms. The third-order valence-electron chi connectivity index (χ3n) is 2.70. The molecule has 12 heavy (non-hydrogen) atoms. The molecule has 0 bridgehead atoms. The minimum absolute atomic E-state index is 0.383. The van der Waals surface area contributed by atoms with Crippen molar-refractivity contribution in [3.8, 4) is 0 Å². The Hall–Kier alpha value is -0.0800. The number of unbranched alkanes of at least 4 members (excludes halogenated alkanes) is 2. The molecule has 1 fully saturated rings. The van der Waals surface area contributed by atoms with Crippen LogP contribution in [0.25, 0.3) is 0 Å². The number of nitrogens with one attached hydrogen (secondary N) is 2. The summed E-state index contributed by atoms with van der Waals surface area (Å²) in [5, 5.41) is 7.02. The first kappa shape index (κ1) is 10.0. The maximum atomic E-state index is 3.63. The van der Waals surface area contributed by atoms with Crippen LogP contribution < -0.4 is 10.6 Å². The van der Waals surface area contributed by atoms with Crippen molar-refractivity contribution in [1.29, 1.82) is 0 Å². The molecule has 2 heteroatoms. The van der Waals surface area contributed by atoms with Gasteiger partial charge in [-0.05, 0) is 32.9 Å². The Morgan fingerprint density at radius 1 is 1.42 bits per heavy atom. The van der Waals surface area contributed by atoms with Gasteiger partial charge in [0.2, 0.25) is 0 Å². The molecule has 0 aliphatic carbocycles. The molecule has 0 amide bonds. The first-order valence-corrected chi connectivity index (χ1v) is 5.22. The second-order valence-electron chi connectivity index (χ2n) is 4.12. The Labute approximate surface area is 76.1 Å². The first-order valence-electron chi connectivity index (χ1n) is 5.22. The smallest absolute Gasteiger partial charge is 0.0289 e. The van der Waals surface area contributed by atoms with Crippen molar-refractivity contribution < 1.29 is 0 Å². The van der Waals surface area contributed by atoms with Crippen LogP contribution in [0.5, 0.6) is 0 Å². The fourth-order valence-corrected chi connectivity index (χ4v) is 1.73. The second kappa shape index (κ2) is 4.83. The predicted octanol–water partition coefficient (Wildman–Crippen LogP) is 1.52. The van der Waals surface area contributed by atoms with Crippen LogP contribution in [0.3, 0.4) is 0 Å². The second-order valence-corrected chi connectivity index (χ2v) is 4.12. The van der Waals surface area contributed by atoms with Gasteiger partial charge >= 0.3 is 0 Å². The highest BCUT2D eigenvalue weighted by Gasteiger charge is 2.26. The van der Waals surface area contributed by atoms with E-state index in [0.717, 1.165) is 6.54 Å². The van der Waals surface area contributed by atoms with Gasteiger partial charge in [-0.15, -0.1) is 0 Å². The molecule has 2 nitrogen and oxygen atoms in total. The molecule has 72 valence electrons. The monoisotopic (exact) mass is 170 g/mol. The van der Waals surface area contributed by atoms with E-state index in [9.17, 15) is 0 Å². The molecule has 2 N–H and O–H groups in total. The molecular weight excluding hydrogens is 148 g/mol. The zero-order valence-electron chi connectivity index (χ0n) is 8.45. The lowest BCUT2D eigenvalue weighted by Gasteiger charge is -2.24. The van der Waals surface area contributed by atoms with E-state index in [1.807, 2.05) is 0 Å². The van der Waals surface area contributed by atoms with Crippen LogP contribution in [0.1, 0.15) is 39.5 Å². The minimum atomic E-state index is 0.383. The third-order valence-corrected chi connectivity index (χ3v) is 2.70. The van der Waals surface area contributed by atoms with Crippen LogP contribution in [0.15, 0.2) is 0 Å². The van der Waals surface area contributed by atoms with E-state index in [2.05, 4.69) is 24.5 Å². The zero-order valence-corrected chi connectivity index (χ0v) is 8.45. The van der Waals surface area contributed by atoms with Gasteiger partial charge in [-0.2, -0.15) is 0 Å². The number of hydrogen-bond donors (Lipinski definition) is 2. The SMILES string of the molecule is CCCCCNC1(C)CCNC1. The van der Waals surface area contributed by atoms with Gasteiger partial charge in [0.15, 0.2) is 0 Å². The summed E-state index contributed by atoms with van der Waals surface area (Å²) in [6.07, 6.45) is 5.28. The molecule has 0 aromatic rings. The summed E-state index contributed by atoms with van der Waals surface area (Å²) >= 11 is 0. The van der Waals surface area contributed by atoms with E-state index in [4.69, 9.17) is 0 Å². The summed E-state index contributed by atoms with van der Waals surface area (Å²) in [6.45, 7) is 8.07. The fraction of sp³-hybridized carbons (Fsp3) is 1.00. The van der Waals surface area contributed by atoms with Crippen LogP contribution in [0, 0.1) is 0 Å². The normalized spacial score (nSPS) is 29.5. The first-order chi connectivity index (χ1) is 5.77. The Morgan fingerprint density at radius 2 is 2.25 bits per heavy atom. The number of rotatable bonds is 5. The van der Waals surface area contributed by atoms with Crippen molar-refractivity contribution in [1.82, 2.24) is 10.6 Å². The van der Waals surface area contributed by atoms with E-state index in [0.29, 0.717) is 5.54 Å². The molecule has 1 aliphatic heterocycles. The molecule has 0 radical (unpaired) electrons. The van der Waals surface area contributed by atoms with Crippen molar-refractivity contribution >= 4 is 0 Å². The lowest BCUT2D eigenvalue weighted by molar-refractivity contribution is 0.382. The molecule has 0 aromatic heterocycles. The van der Waals surface area contributed by atoms with Crippen LogP contribution in [-0.2, 0) is 0 Å². The van der Waals surface area contributed by atoms with Crippen molar-refractivity contribution in [2.45, 2.75) is 45.1 Å². The Morgan fingerprint density at radius 3 is 2.83 bits per heavy atom. The van der Waals surface area contributed by atoms with Gasteiger partial charge in [0.1, 0.15) is 0 Å². The van der Waals surface area contributed by atoms with Crippen molar-refractivity contribution in [3.05, 3.63) is 0 Å². The third kappa shape index (κ3) is 3.11. The molecule has 0 saturated carbocycles. The van der Waals surface area contributed by atoms with Crippen LogP contribution in [0.4, 0.5) is 0 Å². The summed E-state index contributed by atoms with van der Waals surface area (Å²) in [6, 6.07) is 0. The van der Waals surface area contributed by atoms with E-state index >= 15 is 0 Å². The molecule has 1 atom stereocenters. The summed E-state index contributed by atoms with van der Waals surface area (Å²) in [4.78, 5) is 0. The lowest BCUT2D eigenvalue weighted by atomic mass is 10.0. The topological polar surface area (TPSA) is 24.1 Å². The highest BCUT2D eigenvalue weighted by molar-refractivity contribution is 4.91. The van der Waals surface area contributed by atoms with Crippen molar-refractivity contribution in [2.24, 2.45) is 0 Å². The van der Waals surface area contributed by atoms with E-state index in [1.54, 1.807) is 0 Å². The molecule has 1 saturated heterocycles. The Bertz CT molecular complexity index is 117. The molecule has 1 heterocycles. The summed E-state index contributed by atoms with van der Waals surface area (Å²) in [5.74, 6) is 0. The van der Waals surface area contributed by atoms with Crippen LogP contribution >= 0.6 is 0 Å². The molecule has 0 aromatic carbocycles. The quantitative estimate of drug-likeness (QED) is 0.611. The van der Waals surface area contributed by atoms with Gasteiger partial charge in [0, 0.05) is 12.1 Å². The van der Waals surface area contributed by atoms with Gasteiger partial charge < -0.3 is 10.6 Å². The summed E-state index contributed by atoms with van der Waals surface area (Å²) < 4.78 is 0. The average Bonchev–Trinajstić information content (AvgIpc) is 2.47. The summed E-state index contributed by atoms with van der Waals surface area (Å²) in [5.41, 5.74) is 0.383. The van der Waals surface area contributed by atoms with Gasteiger partial charge in [-0.25, -0.2) is 0 Å². The average molecular weight is 170 g/mol. The van der Waals surface area contributed by atoms with Crippen molar-refractivity contribution in [2.75, 3.05) is 19.6 Å². The van der Waals surface area contributed by atoms with Gasteiger partial charge in [-0.3, -0.25) is 0 Å². The molecule has 1 unspecified atom stereocenters. The number of hydrogen-bond acceptors (Lipinski definition) is 2. The highest BCUT2D eigenvalue weighted by atomic mass is 15.1. The van der Waals surface area contributed by atoms with E-state index in [-0.39, 0.29) is 0 Å². The standard InChI is InChI=1S/C10H22N2/c1-3-4-5-7-12-10(2)6-8-11-9-10/h11-12H,3-9H2,1-2H3. The lowest BCUT2D eigenvalue weighted by Crippen LogP contribution is -2.44. The van der Waals surface area contributed by atoms with Crippen LogP contribution in [0.2, 0.25) is 0 Å². The minimum Gasteiger partial charge on any atom is -0.315 e. The van der Waals surface area contributed by atoms with Crippen molar-refractivity contribution in [3.63, 3.8) is 0 Å². The van der Waals surface area contributed by atoms with Gasteiger partial charge in [0.05, 0.1) is 0 Å². The predicted molar refractivity (Wildman–Crippen MR) is 53.4 cm³/mol. The fourth-order valence-electron chi connectivity index (χ4n) is 1.73. The maximum Gasteiger partial charge on any atom is 0.0289 e. The molecule has 1 aliphatic rings. The Kier molecular flexibility index (Phi) is 4.02. The van der Waals surface area contributed by atoms with Gasteiger partial charge in [0.25, 0.3) is 0 Å². The largest absolute Gasteiger partial charge is 0.315 e.